The molecule has 8 heteroatoms. The summed E-state index contributed by atoms with van der Waals surface area (Å²) in [6.45, 7) is 0.482. The molecule has 1 aliphatic rings. The quantitative estimate of drug-likeness (QED) is 0.786. The lowest BCUT2D eigenvalue weighted by Crippen LogP contribution is -2.34. The molecule has 0 aliphatic carbocycles. The third kappa shape index (κ3) is 4.19. The highest BCUT2D eigenvalue weighted by molar-refractivity contribution is 7.91. The average Bonchev–Trinajstić information content (AvgIpc) is 3.01. The number of anilines is 1. The van der Waals surface area contributed by atoms with Gasteiger partial charge in [0.25, 0.3) is 5.91 Å². The molecule has 2 aromatic rings. The number of aromatic nitrogens is 2. The van der Waals surface area contributed by atoms with E-state index < -0.39 is 9.84 Å². The maximum Gasteiger partial charge on any atom is 0.272 e. The Balaban J connectivity index is 1.73. The van der Waals surface area contributed by atoms with Crippen molar-refractivity contribution in [2.75, 3.05) is 30.5 Å². The van der Waals surface area contributed by atoms with Crippen molar-refractivity contribution in [1.82, 2.24) is 14.9 Å². The summed E-state index contributed by atoms with van der Waals surface area (Å²) < 4.78 is 23.4. The number of amides is 1. The van der Waals surface area contributed by atoms with Crippen LogP contribution in [-0.2, 0) is 16.4 Å². The smallest absolute Gasteiger partial charge is 0.272 e. The zero-order chi connectivity index (χ0) is 18.7. The molecule has 26 heavy (non-hydrogen) atoms. The van der Waals surface area contributed by atoms with Gasteiger partial charge < -0.3 is 9.80 Å². The van der Waals surface area contributed by atoms with Gasteiger partial charge in [-0.25, -0.2) is 18.4 Å². The van der Waals surface area contributed by atoms with Crippen LogP contribution in [-0.4, -0.2) is 60.8 Å². The summed E-state index contributed by atoms with van der Waals surface area (Å²) in [6, 6.07) is 11.1. The largest absolute Gasteiger partial charge is 0.340 e. The van der Waals surface area contributed by atoms with E-state index in [1.54, 1.807) is 30.0 Å². The number of sulfone groups is 1. The second-order valence-electron chi connectivity index (χ2n) is 6.56. The molecule has 1 fully saturated rings. The van der Waals surface area contributed by atoms with Crippen LogP contribution in [0.3, 0.4) is 0 Å². The molecule has 1 unspecified atom stereocenters. The van der Waals surface area contributed by atoms with E-state index in [0.717, 1.165) is 5.56 Å². The Morgan fingerprint density at radius 1 is 1.19 bits per heavy atom. The van der Waals surface area contributed by atoms with Crippen molar-refractivity contribution in [2.24, 2.45) is 0 Å². The lowest BCUT2D eigenvalue weighted by molar-refractivity contribution is 0.0779. The van der Waals surface area contributed by atoms with Crippen molar-refractivity contribution in [2.45, 2.75) is 19.0 Å². The van der Waals surface area contributed by atoms with Crippen LogP contribution in [0.5, 0.6) is 0 Å². The van der Waals surface area contributed by atoms with Crippen LogP contribution < -0.4 is 4.90 Å². The standard InChI is InChI=1S/C18H22N4O3S/c1-21(12-14-6-4-3-5-7-14)17(23)16-8-10-19-18(20-16)22(2)15-9-11-26(24,25)13-15/h3-8,10,15H,9,11-13H2,1-2H3. The second kappa shape index (κ2) is 7.41. The number of hydrogen-bond acceptors (Lipinski definition) is 6. The van der Waals surface area contributed by atoms with Gasteiger partial charge in [-0.05, 0) is 18.1 Å². The molecule has 1 aromatic heterocycles. The number of carbonyl (C=O) groups is 1. The van der Waals surface area contributed by atoms with Gasteiger partial charge in [0.2, 0.25) is 5.95 Å². The van der Waals surface area contributed by atoms with Gasteiger partial charge in [0, 0.05) is 32.9 Å². The fourth-order valence-electron chi connectivity index (χ4n) is 3.01. The molecule has 0 saturated carbocycles. The Morgan fingerprint density at radius 3 is 2.58 bits per heavy atom. The summed E-state index contributed by atoms with van der Waals surface area (Å²) >= 11 is 0. The predicted molar refractivity (Wildman–Crippen MR) is 99.7 cm³/mol. The van der Waals surface area contributed by atoms with Crippen molar-refractivity contribution in [1.29, 1.82) is 0 Å². The highest BCUT2D eigenvalue weighted by Crippen LogP contribution is 2.20. The maximum atomic E-state index is 12.7. The summed E-state index contributed by atoms with van der Waals surface area (Å²) in [5.41, 5.74) is 1.33. The van der Waals surface area contributed by atoms with Crippen LogP contribution in [0.4, 0.5) is 5.95 Å². The third-order valence-corrected chi connectivity index (χ3v) is 6.29. The normalized spacial score (nSPS) is 18.5. The van der Waals surface area contributed by atoms with Crippen LogP contribution in [0.15, 0.2) is 42.6 Å². The molecule has 1 aliphatic heterocycles. The number of hydrogen-bond donors (Lipinski definition) is 0. The molecular weight excluding hydrogens is 352 g/mol. The van der Waals surface area contributed by atoms with Gasteiger partial charge in [-0.15, -0.1) is 0 Å². The fourth-order valence-corrected chi connectivity index (χ4v) is 4.78. The molecule has 2 heterocycles. The molecule has 1 saturated heterocycles. The van der Waals surface area contributed by atoms with Gasteiger partial charge in [0.15, 0.2) is 9.84 Å². The number of benzene rings is 1. The molecule has 138 valence electrons. The van der Waals surface area contributed by atoms with Crippen molar-refractivity contribution >= 4 is 21.7 Å². The van der Waals surface area contributed by atoms with E-state index >= 15 is 0 Å². The molecule has 0 spiro atoms. The fraction of sp³-hybridized carbons (Fsp3) is 0.389. The van der Waals surface area contributed by atoms with Crippen LogP contribution >= 0.6 is 0 Å². The van der Waals surface area contributed by atoms with Crippen LogP contribution in [0.25, 0.3) is 0 Å². The summed E-state index contributed by atoms with van der Waals surface area (Å²) in [4.78, 5) is 24.6. The molecule has 1 amide bonds. The first-order chi connectivity index (χ1) is 12.4. The number of rotatable bonds is 5. The SMILES string of the molecule is CN(Cc1ccccc1)C(=O)c1ccnc(N(C)C2CCS(=O)(=O)C2)n1. The van der Waals surface area contributed by atoms with Crippen molar-refractivity contribution in [3.8, 4) is 0 Å². The second-order valence-corrected chi connectivity index (χ2v) is 8.79. The highest BCUT2D eigenvalue weighted by atomic mass is 32.2. The average molecular weight is 374 g/mol. The third-order valence-electron chi connectivity index (χ3n) is 4.54. The van der Waals surface area contributed by atoms with Crippen LogP contribution in [0.2, 0.25) is 0 Å². The van der Waals surface area contributed by atoms with Gasteiger partial charge in [-0.3, -0.25) is 4.79 Å². The van der Waals surface area contributed by atoms with Gasteiger partial charge in [0.1, 0.15) is 5.69 Å². The number of carbonyl (C=O) groups excluding carboxylic acids is 1. The van der Waals surface area contributed by atoms with E-state index in [2.05, 4.69) is 9.97 Å². The summed E-state index contributed by atoms with van der Waals surface area (Å²) in [7, 11) is 0.498. The molecule has 1 atom stereocenters. The Bertz CT molecular complexity index is 886. The number of nitrogens with zero attached hydrogens (tertiary/aromatic N) is 4. The monoisotopic (exact) mass is 374 g/mol. The zero-order valence-corrected chi connectivity index (χ0v) is 15.7. The first-order valence-electron chi connectivity index (χ1n) is 8.41. The molecule has 3 rings (SSSR count). The van der Waals surface area contributed by atoms with Gasteiger partial charge in [0.05, 0.1) is 11.5 Å². The van der Waals surface area contributed by atoms with Crippen LogP contribution in [0.1, 0.15) is 22.5 Å². The lowest BCUT2D eigenvalue weighted by Gasteiger charge is -2.24. The van der Waals surface area contributed by atoms with Gasteiger partial charge >= 0.3 is 0 Å². The molecule has 1 aromatic carbocycles. The van der Waals surface area contributed by atoms with Gasteiger partial charge in [-0.1, -0.05) is 30.3 Å². The molecule has 0 radical (unpaired) electrons. The van der Waals surface area contributed by atoms with E-state index in [-0.39, 0.29) is 23.5 Å². The maximum absolute atomic E-state index is 12.7. The summed E-state index contributed by atoms with van der Waals surface area (Å²) in [5.74, 6) is 0.440. The van der Waals surface area contributed by atoms with E-state index in [1.807, 2.05) is 30.3 Å². The molecule has 0 bridgehead atoms. The first kappa shape index (κ1) is 18.3. The lowest BCUT2D eigenvalue weighted by atomic mass is 10.2. The van der Waals surface area contributed by atoms with Crippen molar-refractivity contribution < 1.29 is 13.2 Å². The van der Waals surface area contributed by atoms with Crippen molar-refractivity contribution in [3.63, 3.8) is 0 Å². The van der Waals surface area contributed by atoms with Gasteiger partial charge in [-0.2, -0.15) is 0 Å². The first-order valence-corrected chi connectivity index (χ1v) is 10.2. The van der Waals surface area contributed by atoms with Crippen LogP contribution in [0, 0.1) is 0 Å². The van der Waals surface area contributed by atoms with E-state index in [9.17, 15) is 13.2 Å². The summed E-state index contributed by atoms with van der Waals surface area (Å²) in [6.07, 6.45) is 2.08. The zero-order valence-electron chi connectivity index (χ0n) is 14.9. The predicted octanol–water partition coefficient (Wildman–Crippen LogP) is 1.37. The minimum absolute atomic E-state index is 0.0962. The minimum atomic E-state index is -3.00. The van der Waals surface area contributed by atoms with E-state index in [4.69, 9.17) is 0 Å². The van der Waals surface area contributed by atoms with Crippen molar-refractivity contribution in [3.05, 3.63) is 53.9 Å². The highest BCUT2D eigenvalue weighted by Gasteiger charge is 2.32. The Kier molecular flexibility index (Phi) is 5.22. The van der Waals surface area contributed by atoms with E-state index in [1.165, 1.54) is 6.20 Å². The topological polar surface area (TPSA) is 83.5 Å². The Morgan fingerprint density at radius 2 is 1.92 bits per heavy atom. The van der Waals surface area contributed by atoms with E-state index in [0.29, 0.717) is 24.6 Å². The Hall–Kier alpha value is -2.48. The molecule has 0 N–H and O–H groups in total. The molecular formula is C18H22N4O3S. The molecule has 7 nitrogen and oxygen atoms in total. The Labute approximate surface area is 153 Å². The summed E-state index contributed by atoms with van der Waals surface area (Å²) in [5, 5.41) is 0. The minimum Gasteiger partial charge on any atom is -0.340 e.